The molecule has 2 N–H and O–H groups in total. The highest BCUT2D eigenvalue weighted by Gasteiger charge is 2.05. The third-order valence-electron chi connectivity index (χ3n) is 3.37. The summed E-state index contributed by atoms with van der Waals surface area (Å²) >= 11 is 0. The molecule has 0 bridgehead atoms. The van der Waals surface area contributed by atoms with Crippen LogP contribution in [-0.4, -0.2) is 43.6 Å². The molecule has 1 aromatic carbocycles. The zero-order valence-electron chi connectivity index (χ0n) is 13.6. The van der Waals surface area contributed by atoms with Gasteiger partial charge in [0.1, 0.15) is 11.6 Å². The summed E-state index contributed by atoms with van der Waals surface area (Å²) in [6.07, 6.45) is 0. The van der Waals surface area contributed by atoms with Gasteiger partial charge in [0.05, 0.1) is 6.54 Å². The molecule has 0 amide bonds. The van der Waals surface area contributed by atoms with Gasteiger partial charge in [0.15, 0.2) is 5.96 Å². The lowest BCUT2D eigenvalue weighted by molar-refractivity contribution is 0.308. The molecule has 0 aliphatic carbocycles. The predicted molar refractivity (Wildman–Crippen MR) is 87.0 cm³/mol. The van der Waals surface area contributed by atoms with Gasteiger partial charge in [-0.05, 0) is 38.2 Å². The molecule has 0 fully saturated rings. The molecule has 6 heteroatoms. The van der Waals surface area contributed by atoms with Gasteiger partial charge in [-0.3, -0.25) is 0 Å². The first kappa shape index (κ1) is 18.4. The second-order valence-electron chi connectivity index (χ2n) is 4.88. The summed E-state index contributed by atoms with van der Waals surface area (Å²) in [6.45, 7) is 10.7. The largest absolute Gasteiger partial charge is 0.357 e. The van der Waals surface area contributed by atoms with Gasteiger partial charge >= 0.3 is 0 Å². The van der Waals surface area contributed by atoms with E-state index in [4.69, 9.17) is 0 Å². The van der Waals surface area contributed by atoms with Gasteiger partial charge < -0.3 is 15.5 Å². The number of nitrogens with zero attached hydrogens (tertiary/aromatic N) is 2. The molecule has 0 saturated carbocycles. The summed E-state index contributed by atoms with van der Waals surface area (Å²) in [4.78, 5) is 6.60. The maximum atomic E-state index is 13.6. The van der Waals surface area contributed by atoms with Crippen molar-refractivity contribution in [2.24, 2.45) is 4.99 Å². The maximum absolute atomic E-state index is 13.6. The molecule has 0 aromatic heterocycles. The monoisotopic (exact) mass is 312 g/mol. The van der Waals surface area contributed by atoms with Crippen LogP contribution in [0.4, 0.5) is 8.78 Å². The number of nitrogens with one attached hydrogen (secondary N) is 2. The molecule has 0 aliphatic rings. The minimum atomic E-state index is -0.453. The molecule has 0 heterocycles. The van der Waals surface area contributed by atoms with Crippen molar-refractivity contribution in [3.8, 4) is 0 Å². The van der Waals surface area contributed by atoms with Gasteiger partial charge in [0, 0.05) is 25.2 Å². The van der Waals surface area contributed by atoms with Crippen molar-refractivity contribution in [1.82, 2.24) is 15.5 Å². The highest BCUT2D eigenvalue weighted by Crippen LogP contribution is 2.10. The summed E-state index contributed by atoms with van der Waals surface area (Å²) in [5.74, 6) is -0.284. The van der Waals surface area contributed by atoms with Crippen LogP contribution in [0.15, 0.2) is 23.2 Å². The van der Waals surface area contributed by atoms with E-state index in [1.54, 1.807) is 0 Å². The first-order valence-corrected chi connectivity index (χ1v) is 7.79. The summed E-state index contributed by atoms with van der Waals surface area (Å²) in [5, 5.41) is 6.31. The van der Waals surface area contributed by atoms with Gasteiger partial charge in [-0.15, -0.1) is 0 Å². The molecule has 0 spiro atoms. The van der Waals surface area contributed by atoms with Crippen molar-refractivity contribution in [3.63, 3.8) is 0 Å². The first-order valence-electron chi connectivity index (χ1n) is 7.79. The van der Waals surface area contributed by atoms with E-state index in [9.17, 15) is 8.78 Å². The maximum Gasteiger partial charge on any atom is 0.191 e. The highest BCUT2D eigenvalue weighted by molar-refractivity contribution is 5.79. The Labute approximate surface area is 131 Å². The van der Waals surface area contributed by atoms with E-state index in [1.165, 1.54) is 6.07 Å². The number of hydrogen-bond acceptors (Lipinski definition) is 2. The molecule has 0 saturated heterocycles. The van der Waals surface area contributed by atoms with Crippen molar-refractivity contribution in [2.45, 2.75) is 27.3 Å². The molecule has 124 valence electrons. The molecule has 0 aliphatic heterocycles. The molecule has 4 nitrogen and oxygen atoms in total. The van der Waals surface area contributed by atoms with E-state index in [1.807, 2.05) is 6.92 Å². The molecule has 0 unspecified atom stereocenters. The van der Waals surface area contributed by atoms with Crippen molar-refractivity contribution < 1.29 is 8.78 Å². The van der Waals surface area contributed by atoms with Crippen molar-refractivity contribution in [3.05, 3.63) is 35.4 Å². The molecular formula is C16H26F2N4. The highest BCUT2D eigenvalue weighted by atomic mass is 19.1. The SMILES string of the molecule is CCNC(=NCc1cc(F)ccc1F)NCCN(CC)CC. The molecular weight excluding hydrogens is 286 g/mol. The fourth-order valence-electron chi connectivity index (χ4n) is 2.04. The van der Waals surface area contributed by atoms with Crippen LogP contribution in [0.1, 0.15) is 26.3 Å². The van der Waals surface area contributed by atoms with E-state index >= 15 is 0 Å². The number of aliphatic imine (C=N–C) groups is 1. The van der Waals surface area contributed by atoms with Crippen LogP contribution in [-0.2, 0) is 6.54 Å². The fourth-order valence-corrected chi connectivity index (χ4v) is 2.04. The third kappa shape index (κ3) is 6.39. The Morgan fingerprint density at radius 3 is 2.50 bits per heavy atom. The normalized spacial score (nSPS) is 11.8. The van der Waals surface area contributed by atoms with Crippen LogP contribution in [0.25, 0.3) is 0 Å². The number of likely N-dealkylation sites (N-methyl/N-ethyl adjacent to an activating group) is 1. The second kappa shape index (κ2) is 10.1. The zero-order valence-corrected chi connectivity index (χ0v) is 13.6. The quantitative estimate of drug-likeness (QED) is 0.572. The van der Waals surface area contributed by atoms with Crippen LogP contribution in [0.3, 0.4) is 0 Å². The average molecular weight is 312 g/mol. The Bertz CT molecular complexity index is 473. The number of rotatable bonds is 8. The van der Waals surface area contributed by atoms with Gasteiger partial charge in [-0.2, -0.15) is 0 Å². The Balaban J connectivity index is 2.59. The lowest BCUT2D eigenvalue weighted by Crippen LogP contribution is -2.41. The molecule has 0 atom stereocenters. The summed E-state index contributed by atoms with van der Waals surface area (Å²) < 4.78 is 26.7. The topological polar surface area (TPSA) is 39.7 Å². The van der Waals surface area contributed by atoms with Crippen LogP contribution >= 0.6 is 0 Å². The Kier molecular flexibility index (Phi) is 8.43. The lowest BCUT2D eigenvalue weighted by Gasteiger charge is -2.19. The second-order valence-corrected chi connectivity index (χ2v) is 4.88. The van der Waals surface area contributed by atoms with Crippen LogP contribution in [0.5, 0.6) is 0 Å². The first-order chi connectivity index (χ1) is 10.6. The van der Waals surface area contributed by atoms with Crippen LogP contribution in [0.2, 0.25) is 0 Å². The van der Waals surface area contributed by atoms with Crippen molar-refractivity contribution in [1.29, 1.82) is 0 Å². The summed E-state index contributed by atoms with van der Waals surface area (Å²) in [5.41, 5.74) is 0.251. The Hall–Kier alpha value is -1.69. The fraction of sp³-hybridized carbons (Fsp3) is 0.562. The smallest absolute Gasteiger partial charge is 0.191 e. The van der Waals surface area contributed by atoms with Gasteiger partial charge in [-0.1, -0.05) is 13.8 Å². The summed E-state index contributed by atoms with van der Waals surface area (Å²) in [7, 11) is 0. The zero-order chi connectivity index (χ0) is 16.4. The van der Waals surface area contributed by atoms with Gasteiger partial charge in [0.25, 0.3) is 0 Å². The van der Waals surface area contributed by atoms with Crippen LogP contribution in [0, 0.1) is 11.6 Å². The van der Waals surface area contributed by atoms with Gasteiger partial charge in [0.2, 0.25) is 0 Å². The third-order valence-corrected chi connectivity index (χ3v) is 3.37. The Morgan fingerprint density at radius 2 is 1.86 bits per heavy atom. The van der Waals surface area contributed by atoms with E-state index in [0.717, 1.165) is 38.3 Å². The number of benzene rings is 1. The minimum Gasteiger partial charge on any atom is -0.357 e. The number of halogens is 2. The van der Waals surface area contributed by atoms with E-state index in [-0.39, 0.29) is 12.1 Å². The van der Waals surface area contributed by atoms with E-state index in [2.05, 4.69) is 34.4 Å². The average Bonchev–Trinajstić information content (AvgIpc) is 2.52. The van der Waals surface area contributed by atoms with Crippen LogP contribution < -0.4 is 10.6 Å². The Morgan fingerprint density at radius 1 is 1.14 bits per heavy atom. The standard InChI is InChI=1S/C16H26F2N4/c1-4-19-16(20-9-10-22(5-2)6-3)21-12-13-11-14(17)7-8-15(13)18/h7-8,11H,4-6,9-10,12H2,1-3H3,(H2,19,20,21). The molecule has 1 aromatic rings. The van der Waals surface area contributed by atoms with Gasteiger partial charge in [-0.25, -0.2) is 13.8 Å². The summed E-state index contributed by atoms with van der Waals surface area (Å²) in [6, 6.07) is 3.41. The number of hydrogen-bond donors (Lipinski definition) is 2. The van der Waals surface area contributed by atoms with Crippen molar-refractivity contribution in [2.75, 3.05) is 32.7 Å². The molecule has 22 heavy (non-hydrogen) atoms. The predicted octanol–water partition coefficient (Wildman–Crippen LogP) is 2.36. The molecule has 0 radical (unpaired) electrons. The number of guanidine groups is 1. The minimum absolute atomic E-state index is 0.101. The van der Waals surface area contributed by atoms with Crippen molar-refractivity contribution >= 4 is 5.96 Å². The van der Waals surface area contributed by atoms with E-state index in [0.29, 0.717) is 12.5 Å². The lowest BCUT2D eigenvalue weighted by atomic mass is 10.2. The molecule has 1 rings (SSSR count). The van der Waals surface area contributed by atoms with E-state index < -0.39 is 11.6 Å².